The number of hydrogen-bond donors (Lipinski definition) is 0. The van der Waals surface area contributed by atoms with E-state index in [4.69, 9.17) is 0 Å². The van der Waals surface area contributed by atoms with E-state index in [2.05, 4.69) is 45.2 Å². The number of halogens is 2. The average Bonchev–Trinajstić information content (AvgIpc) is 2.27. The van der Waals surface area contributed by atoms with Crippen LogP contribution in [0.15, 0.2) is 0 Å². The van der Waals surface area contributed by atoms with E-state index in [9.17, 15) is 0 Å². The third kappa shape index (κ3) is 3.36. The smallest absolute Gasteiger partial charge is 0.00266 e. The minimum atomic E-state index is 1.04. The number of alkyl halides is 2. The zero-order chi connectivity index (χ0) is 8.10. The topological polar surface area (TPSA) is 0 Å². The van der Waals surface area contributed by atoms with E-state index in [0.29, 0.717) is 0 Å². The Balaban J connectivity index is 2.41. The SMILES string of the molecule is IC[C@@H]1CCCCC[C@@H]1CI. The normalized spacial score (nSPS) is 33.3. The molecule has 0 spiro atoms. The fourth-order valence-electron chi connectivity index (χ4n) is 1.87. The Bertz CT molecular complexity index is 91.7. The lowest BCUT2D eigenvalue weighted by molar-refractivity contribution is 0.389. The van der Waals surface area contributed by atoms with Gasteiger partial charge in [0.2, 0.25) is 0 Å². The number of rotatable bonds is 2. The Kier molecular flexibility index (Phi) is 5.75. The van der Waals surface area contributed by atoms with Gasteiger partial charge in [-0.05, 0) is 24.7 Å². The average molecular weight is 378 g/mol. The van der Waals surface area contributed by atoms with Crippen LogP contribution in [0.5, 0.6) is 0 Å². The highest BCUT2D eigenvalue weighted by Gasteiger charge is 2.21. The number of hydrogen-bond acceptors (Lipinski definition) is 0. The standard InChI is InChI=1S/C9H16I2/c10-6-8-4-2-1-3-5-9(8)7-11/h8-9H,1-7H2/t8-,9+. The van der Waals surface area contributed by atoms with Crippen molar-refractivity contribution in [2.45, 2.75) is 32.1 Å². The van der Waals surface area contributed by atoms with E-state index in [1.807, 2.05) is 0 Å². The van der Waals surface area contributed by atoms with Gasteiger partial charge in [0.05, 0.1) is 0 Å². The van der Waals surface area contributed by atoms with E-state index in [1.165, 1.54) is 41.0 Å². The van der Waals surface area contributed by atoms with Crippen molar-refractivity contribution in [2.24, 2.45) is 11.8 Å². The van der Waals surface area contributed by atoms with Gasteiger partial charge in [0.15, 0.2) is 0 Å². The van der Waals surface area contributed by atoms with E-state index < -0.39 is 0 Å². The van der Waals surface area contributed by atoms with Gasteiger partial charge in [-0.25, -0.2) is 0 Å². The summed E-state index contributed by atoms with van der Waals surface area (Å²) < 4.78 is 2.76. The van der Waals surface area contributed by atoms with Gasteiger partial charge in [0, 0.05) is 8.86 Å². The van der Waals surface area contributed by atoms with E-state index >= 15 is 0 Å². The lowest BCUT2D eigenvalue weighted by Gasteiger charge is -2.20. The molecule has 0 aromatic carbocycles. The van der Waals surface area contributed by atoms with Crippen molar-refractivity contribution in [2.75, 3.05) is 8.86 Å². The van der Waals surface area contributed by atoms with Gasteiger partial charge in [0.25, 0.3) is 0 Å². The van der Waals surface area contributed by atoms with Crippen LogP contribution in [0.1, 0.15) is 32.1 Å². The van der Waals surface area contributed by atoms with Crippen molar-refractivity contribution in [3.8, 4) is 0 Å². The molecule has 1 fully saturated rings. The largest absolute Gasteiger partial charge is 0.0861 e. The lowest BCUT2D eigenvalue weighted by Crippen LogP contribution is -2.15. The molecule has 1 saturated carbocycles. The maximum atomic E-state index is 2.56. The van der Waals surface area contributed by atoms with Crippen LogP contribution in [0.2, 0.25) is 0 Å². The summed E-state index contributed by atoms with van der Waals surface area (Å²) in [6, 6.07) is 0. The zero-order valence-corrected chi connectivity index (χ0v) is 11.2. The van der Waals surface area contributed by atoms with Crippen LogP contribution < -0.4 is 0 Å². The van der Waals surface area contributed by atoms with Crippen LogP contribution >= 0.6 is 45.2 Å². The molecule has 0 bridgehead atoms. The third-order valence-corrected chi connectivity index (χ3v) is 4.98. The highest BCUT2D eigenvalue weighted by Crippen LogP contribution is 2.31. The Morgan fingerprint density at radius 1 is 0.818 bits per heavy atom. The van der Waals surface area contributed by atoms with Gasteiger partial charge >= 0.3 is 0 Å². The summed E-state index contributed by atoms with van der Waals surface area (Å²) in [4.78, 5) is 0. The molecule has 1 rings (SSSR count). The Morgan fingerprint density at radius 2 is 1.27 bits per heavy atom. The van der Waals surface area contributed by atoms with Crippen LogP contribution in [-0.2, 0) is 0 Å². The molecule has 0 saturated heterocycles. The summed E-state index contributed by atoms with van der Waals surface area (Å²) in [5.74, 6) is 2.07. The van der Waals surface area contributed by atoms with Gasteiger partial charge < -0.3 is 0 Å². The fraction of sp³-hybridized carbons (Fsp3) is 1.00. The molecule has 0 aliphatic heterocycles. The summed E-state index contributed by atoms with van der Waals surface area (Å²) in [6.07, 6.45) is 7.45. The second-order valence-electron chi connectivity index (χ2n) is 3.47. The van der Waals surface area contributed by atoms with Crippen LogP contribution in [0.3, 0.4) is 0 Å². The molecule has 0 aromatic rings. The zero-order valence-electron chi connectivity index (χ0n) is 6.86. The molecule has 0 N–H and O–H groups in total. The van der Waals surface area contributed by atoms with E-state index in [-0.39, 0.29) is 0 Å². The first-order valence-corrected chi connectivity index (χ1v) is 7.55. The third-order valence-electron chi connectivity index (χ3n) is 2.71. The van der Waals surface area contributed by atoms with Crippen LogP contribution in [0.4, 0.5) is 0 Å². The molecule has 0 unspecified atom stereocenters. The first-order chi connectivity index (χ1) is 5.38. The van der Waals surface area contributed by atoms with Crippen molar-refractivity contribution in [1.82, 2.24) is 0 Å². The van der Waals surface area contributed by atoms with Crippen LogP contribution in [0, 0.1) is 11.8 Å². The summed E-state index contributed by atoms with van der Waals surface area (Å²) >= 11 is 5.12. The predicted octanol–water partition coefficient (Wildman–Crippen LogP) is 4.05. The van der Waals surface area contributed by atoms with Crippen molar-refractivity contribution in [1.29, 1.82) is 0 Å². The van der Waals surface area contributed by atoms with Crippen LogP contribution in [0.25, 0.3) is 0 Å². The fourth-order valence-corrected chi connectivity index (χ4v) is 4.19. The van der Waals surface area contributed by atoms with Gasteiger partial charge in [-0.1, -0.05) is 64.4 Å². The summed E-state index contributed by atoms with van der Waals surface area (Å²) in [6.45, 7) is 0. The highest BCUT2D eigenvalue weighted by molar-refractivity contribution is 14.1. The molecule has 0 radical (unpaired) electrons. The molecule has 2 heteroatoms. The molecule has 0 nitrogen and oxygen atoms in total. The summed E-state index contributed by atoms with van der Waals surface area (Å²) in [5, 5.41) is 0. The summed E-state index contributed by atoms with van der Waals surface area (Å²) in [7, 11) is 0. The van der Waals surface area contributed by atoms with Crippen molar-refractivity contribution >= 4 is 45.2 Å². The van der Waals surface area contributed by atoms with Crippen molar-refractivity contribution in [3.05, 3.63) is 0 Å². The quantitative estimate of drug-likeness (QED) is 0.387. The van der Waals surface area contributed by atoms with Gasteiger partial charge in [-0.3, -0.25) is 0 Å². The monoisotopic (exact) mass is 378 g/mol. The maximum Gasteiger partial charge on any atom is 0.00266 e. The summed E-state index contributed by atoms with van der Waals surface area (Å²) in [5.41, 5.74) is 0. The Hall–Kier alpha value is 1.46. The first-order valence-electron chi connectivity index (χ1n) is 4.50. The predicted molar refractivity (Wildman–Crippen MR) is 67.8 cm³/mol. The van der Waals surface area contributed by atoms with Gasteiger partial charge in [0.1, 0.15) is 0 Å². The molecule has 1 aliphatic rings. The highest BCUT2D eigenvalue weighted by atomic mass is 127. The van der Waals surface area contributed by atoms with E-state index in [0.717, 1.165) is 11.8 Å². The Labute approximate surface area is 97.2 Å². The Morgan fingerprint density at radius 3 is 1.64 bits per heavy atom. The second-order valence-corrected chi connectivity index (χ2v) is 5.23. The molecular weight excluding hydrogens is 362 g/mol. The molecule has 0 heterocycles. The van der Waals surface area contributed by atoms with Gasteiger partial charge in [-0.2, -0.15) is 0 Å². The molecule has 1 aliphatic carbocycles. The first kappa shape index (κ1) is 10.5. The molecule has 0 aromatic heterocycles. The molecule has 11 heavy (non-hydrogen) atoms. The van der Waals surface area contributed by atoms with E-state index in [1.54, 1.807) is 0 Å². The molecule has 2 atom stereocenters. The van der Waals surface area contributed by atoms with Crippen LogP contribution in [-0.4, -0.2) is 8.86 Å². The second kappa shape index (κ2) is 6.00. The van der Waals surface area contributed by atoms with Crippen molar-refractivity contribution in [3.63, 3.8) is 0 Å². The minimum absolute atomic E-state index is 1.04. The maximum absolute atomic E-state index is 2.56. The molecule has 66 valence electrons. The lowest BCUT2D eigenvalue weighted by atomic mass is 9.92. The molecule has 0 amide bonds. The van der Waals surface area contributed by atoms with Crippen molar-refractivity contribution < 1.29 is 0 Å². The minimum Gasteiger partial charge on any atom is -0.0861 e. The molecular formula is C9H16I2. The van der Waals surface area contributed by atoms with Gasteiger partial charge in [-0.15, -0.1) is 0 Å².